The maximum atomic E-state index is 12.1. The lowest BCUT2D eigenvalue weighted by molar-refractivity contribution is -0.134. The molecule has 120 valence electrons. The number of hydrogen-bond acceptors (Lipinski definition) is 4. The predicted octanol–water partition coefficient (Wildman–Crippen LogP) is -0.295. The van der Waals surface area contributed by atoms with Crippen LogP contribution in [0.4, 0.5) is 0 Å². The Kier molecular flexibility index (Phi) is 5.99. The quantitative estimate of drug-likeness (QED) is 0.715. The molecule has 0 aromatic rings. The minimum Gasteiger partial charge on any atom is -0.340 e. The fourth-order valence-corrected chi connectivity index (χ4v) is 2.82. The Morgan fingerprint density at radius 1 is 0.667 bits per heavy atom. The van der Waals surface area contributed by atoms with Crippen molar-refractivity contribution in [1.29, 1.82) is 0 Å². The third kappa shape index (κ3) is 4.97. The number of nitrogens with zero attached hydrogens (tertiary/aromatic N) is 4. The van der Waals surface area contributed by atoms with E-state index in [1.165, 1.54) is 0 Å². The highest BCUT2D eigenvalue weighted by atomic mass is 16.2. The number of carbonyl (C=O) groups excluding carboxylic acids is 2. The number of hydrogen-bond donors (Lipinski definition) is 0. The molecule has 0 aromatic carbocycles. The molecule has 2 fully saturated rings. The van der Waals surface area contributed by atoms with Gasteiger partial charge in [0.2, 0.25) is 11.8 Å². The SMILES string of the molecule is CN1CCN(C(=O)CCCC(=O)N2CCN(C)CC2)CC1. The summed E-state index contributed by atoms with van der Waals surface area (Å²) in [6, 6.07) is 0. The molecule has 0 atom stereocenters. The van der Waals surface area contributed by atoms with Crippen molar-refractivity contribution in [3.8, 4) is 0 Å². The first-order valence-corrected chi connectivity index (χ1v) is 7.99. The third-order valence-corrected chi connectivity index (χ3v) is 4.49. The normalized spacial score (nSPS) is 21.6. The minimum atomic E-state index is 0.203. The smallest absolute Gasteiger partial charge is 0.222 e. The van der Waals surface area contributed by atoms with Gasteiger partial charge in [0.25, 0.3) is 0 Å². The first-order valence-electron chi connectivity index (χ1n) is 7.99. The van der Waals surface area contributed by atoms with E-state index >= 15 is 0 Å². The van der Waals surface area contributed by atoms with Crippen molar-refractivity contribution in [2.45, 2.75) is 19.3 Å². The molecule has 6 nitrogen and oxygen atoms in total. The van der Waals surface area contributed by atoms with Gasteiger partial charge in [-0.1, -0.05) is 0 Å². The fourth-order valence-electron chi connectivity index (χ4n) is 2.82. The molecule has 0 aromatic heterocycles. The molecule has 2 amide bonds. The van der Waals surface area contributed by atoms with Crippen LogP contribution in [0.3, 0.4) is 0 Å². The van der Waals surface area contributed by atoms with Gasteiger partial charge in [-0.15, -0.1) is 0 Å². The van der Waals surface area contributed by atoms with Crippen molar-refractivity contribution in [3.63, 3.8) is 0 Å². The molecule has 2 aliphatic heterocycles. The molecule has 2 aliphatic rings. The Morgan fingerprint density at radius 2 is 1.00 bits per heavy atom. The second-order valence-electron chi connectivity index (χ2n) is 6.22. The zero-order valence-corrected chi connectivity index (χ0v) is 13.4. The Labute approximate surface area is 127 Å². The molecule has 0 N–H and O–H groups in total. The number of piperazine rings is 2. The van der Waals surface area contributed by atoms with Gasteiger partial charge >= 0.3 is 0 Å². The summed E-state index contributed by atoms with van der Waals surface area (Å²) < 4.78 is 0. The third-order valence-electron chi connectivity index (χ3n) is 4.49. The number of rotatable bonds is 4. The molecule has 0 spiro atoms. The van der Waals surface area contributed by atoms with Gasteiger partial charge < -0.3 is 19.6 Å². The molecule has 21 heavy (non-hydrogen) atoms. The summed E-state index contributed by atoms with van der Waals surface area (Å²) >= 11 is 0. The molecule has 2 heterocycles. The molecule has 6 heteroatoms. The summed E-state index contributed by atoms with van der Waals surface area (Å²) in [6.45, 7) is 7.09. The average Bonchev–Trinajstić information content (AvgIpc) is 2.48. The van der Waals surface area contributed by atoms with Crippen molar-refractivity contribution in [2.24, 2.45) is 0 Å². The maximum absolute atomic E-state index is 12.1. The molecule has 0 unspecified atom stereocenters. The second-order valence-corrected chi connectivity index (χ2v) is 6.22. The van der Waals surface area contributed by atoms with Gasteiger partial charge in [-0.25, -0.2) is 0 Å². The minimum absolute atomic E-state index is 0.203. The molecule has 0 aliphatic carbocycles. The van der Waals surface area contributed by atoms with Gasteiger partial charge in [0.1, 0.15) is 0 Å². The first-order chi connectivity index (χ1) is 10.1. The Bertz CT molecular complexity index is 325. The Balaban J connectivity index is 1.62. The summed E-state index contributed by atoms with van der Waals surface area (Å²) in [5.41, 5.74) is 0. The van der Waals surface area contributed by atoms with Crippen LogP contribution in [-0.2, 0) is 9.59 Å². The topological polar surface area (TPSA) is 47.1 Å². The van der Waals surface area contributed by atoms with Crippen molar-refractivity contribution in [1.82, 2.24) is 19.6 Å². The average molecular weight is 296 g/mol. The monoisotopic (exact) mass is 296 g/mol. The van der Waals surface area contributed by atoms with Crippen molar-refractivity contribution < 1.29 is 9.59 Å². The zero-order valence-electron chi connectivity index (χ0n) is 13.4. The van der Waals surface area contributed by atoms with Crippen LogP contribution >= 0.6 is 0 Å². The highest BCUT2D eigenvalue weighted by Gasteiger charge is 2.21. The lowest BCUT2D eigenvalue weighted by atomic mass is 10.2. The van der Waals surface area contributed by atoms with E-state index in [1.807, 2.05) is 9.80 Å². The Morgan fingerprint density at radius 3 is 1.33 bits per heavy atom. The van der Waals surface area contributed by atoms with Crippen molar-refractivity contribution >= 4 is 11.8 Å². The molecule has 0 radical (unpaired) electrons. The van der Waals surface area contributed by atoms with E-state index in [2.05, 4.69) is 23.9 Å². The number of likely N-dealkylation sites (N-methyl/N-ethyl adjacent to an activating group) is 2. The van der Waals surface area contributed by atoms with Crippen LogP contribution in [0.1, 0.15) is 19.3 Å². The van der Waals surface area contributed by atoms with E-state index in [9.17, 15) is 9.59 Å². The first kappa shape index (κ1) is 16.2. The summed E-state index contributed by atoms with van der Waals surface area (Å²) in [4.78, 5) is 32.5. The summed E-state index contributed by atoms with van der Waals surface area (Å²) in [6.07, 6.45) is 1.68. The van der Waals surface area contributed by atoms with Gasteiger partial charge in [-0.05, 0) is 20.5 Å². The number of carbonyl (C=O) groups is 2. The van der Waals surface area contributed by atoms with Crippen LogP contribution in [0.15, 0.2) is 0 Å². The standard InChI is InChI=1S/C15H28N4O2/c1-16-6-10-18(11-7-16)14(20)4-3-5-15(21)19-12-8-17(2)9-13-19/h3-13H2,1-2H3. The van der Waals surface area contributed by atoms with Crippen molar-refractivity contribution in [2.75, 3.05) is 66.5 Å². The van der Waals surface area contributed by atoms with E-state index in [0.717, 1.165) is 52.4 Å². The Hall–Kier alpha value is -1.14. The highest BCUT2D eigenvalue weighted by Crippen LogP contribution is 2.08. The van der Waals surface area contributed by atoms with Crippen LogP contribution < -0.4 is 0 Å². The molecule has 0 saturated carbocycles. The summed E-state index contributed by atoms with van der Waals surface area (Å²) in [5, 5.41) is 0. The predicted molar refractivity (Wildman–Crippen MR) is 82.0 cm³/mol. The van der Waals surface area contributed by atoms with Gasteiger partial charge in [0.05, 0.1) is 0 Å². The van der Waals surface area contributed by atoms with Crippen molar-refractivity contribution in [3.05, 3.63) is 0 Å². The van der Waals surface area contributed by atoms with Gasteiger partial charge in [-0.2, -0.15) is 0 Å². The van der Waals surface area contributed by atoms with Crippen LogP contribution in [0.2, 0.25) is 0 Å². The molecular formula is C15H28N4O2. The summed E-state index contributed by atoms with van der Waals surface area (Å²) in [7, 11) is 4.16. The number of amides is 2. The molecule has 2 saturated heterocycles. The molecular weight excluding hydrogens is 268 g/mol. The van der Waals surface area contributed by atoms with E-state index in [4.69, 9.17) is 0 Å². The van der Waals surface area contributed by atoms with Crippen LogP contribution in [0.5, 0.6) is 0 Å². The molecule has 2 rings (SSSR count). The lowest BCUT2D eigenvalue weighted by Crippen LogP contribution is -2.47. The maximum Gasteiger partial charge on any atom is 0.222 e. The van der Waals surface area contributed by atoms with E-state index in [-0.39, 0.29) is 11.8 Å². The lowest BCUT2D eigenvalue weighted by Gasteiger charge is -2.33. The van der Waals surface area contributed by atoms with Gasteiger partial charge in [0, 0.05) is 65.2 Å². The van der Waals surface area contributed by atoms with E-state index < -0.39 is 0 Å². The largest absolute Gasteiger partial charge is 0.340 e. The van der Waals surface area contributed by atoms with E-state index in [1.54, 1.807) is 0 Å². The van der Waals surface area contributed by atoms with Crippen LogP contribution in [-0.4, -0.2) is 97.9 Å². The fraction of sp³-hybridized carbons (Fsp3) is 0.867. The van der Waals surface area contributed by atoms with Crippen LogP contribution in [0.25, 0.3) is 0 Å². The molecule has 0 bridgehead atoms. The van der Waals surface area contributed by atoms with Crippen LogP contribution in [0, 0.1) is 0 Å². The zero-order chi connectivity index (χ0) is 15.2. The second kappa shape index (κ2) is 7.75. The highest BCUT2D eigenvalue weighted by molar-refractivity contribution is 5.79. The van der Waals surface area contributed by atoms with Gasteiger partial charge in [0.15, 0.2) is 0 Å². The summed E-state index contributed by atoms with van der Waals surface area (Å²) in [5.74, 6) is 0.406. The van der Waals surface area contributed by atoms with Gasteiger partial charge in [-0.3, -0.25) is 9.59 Å². The van der Waals surface area contributed by atoms with E-state index in [0.29, 0.717) is 19.3 Å².